The van der Waals surface area contributed by atoms with Crippen LogP contribution in [0.2, 0.25) is 0 Å². The molecule has 0 aliphatic heterocycles. The molecule has 0 bridgehead atoms. The Balaban J connectivity index is 4.22. The fourth-order valence-corrected chi connectivity index (χ4v) is 0.562. The molecule has 0 saturated carbocycles. The third-order valence-corrected chi connectivity index (χ3v) is 1.16. The zero-order valence-electron chi connectivity index (χ0n) is 7.55. The van der Waals surface area contributed by atoms with E-state index in [1.807, 2.05) is 0 Å². The summed E-state index contributed by atoms with van der Waals surface area (Å²) < 4.78 is 9.19. The maximum atomic E-state index is 10.9. The molecule has 0 aromatic carbocycles. The molecule has 0 rings (SSSR count). The Kier molecular flexibility index (Phi) is 4.92. The monoisotopic (exact) mass is 173 g/mol. The molecule has 4 nitrogen and oxygen atoms in total. The first-order valence-electron chi connectivity index (χ1n) is 3.81. The normalized spacial score (nSPS) is 11.9. The van der Waals surface area contributed by atoms with Gasteiger partial charge in [-0.05, 0) is 20.5 Å². The van der Waals surface area contributed by atoms with Gasteiger partial charge < -0.3 is 14.6 Å². The van der Waals surface area contributed by atoms with Crippen LogP contribution in [-0.2, 0) is 14.3 Å². The standard InChI is InChI=1S/C8H14O4/c1-4-11-7(9)6(3)8(10)12-5-2/h9H,4-5H2,1-3H3/p-1/b7-6+. The van der Waals surface area contributed by atoms with Gasteiger partial charge in [-0.25, -0.2) is 4.79 Å². The summed E-state index contributed by atoms with van der Waals surface area (Å²) >= 11 is 0. The number of carbonyl (C=O) groups excluding carboxylic acids is 1. The number of ether oxygens (including phenoxy) is 2. The minimum atomic E-state index is -0.615. The van der Waals surface area contributed by atoms with Gasteiger partial charge in [0.15, 0.2) is 0 Å². The van der Waals surface area contributed by atoms with E-state index in [4.69, 9.17) is 0 Å². The molecule has 0 spiro atoms. The van der Waals surface area contributed by atoms with Gasteiger partial charge in [0.1, 0.15) is 0 Å². The molecule has 0 aliphatic rings. The Hall–Kier alpha value is -1.19. The molecule has 70 valence electrons. The molecule has 12 heavy (non-hydrogen) atoms. The lowest BCUT2D eigenvalue weighted by Gasteiger charge is -2.15. The van der Waals surface area contributed by atoms with Crippen LogP contribution in [0.1, 0.15) is 20.8 Å². The van der Waals surface area contributed by atoms with Gasteiger partial charge in [-0.2, -0.15) is 0 Å². The van der Waals surface area contributed by atoms with Crippen LogP contribution < -0.4 is 5.11 Å². The summed E-state index contributed by atoms with van der Waals surface area (Å²) in [7, 11) is 0. The maximum absolute atomic E-state index is 10.9. The molecule has 0 aromatic rings. The first-order valence-corrected chi connectivity index (χ1v) is 3.81. The summed E-state index contributed by atoms with van der Waals surface area (Å²) in [6, 6.07) is 0. The van der Waals surface area contributed by atoms with E-state index in [2.05, 4.69) is 9.47 Å². The van der Waals surface area contributed by atoms with Crippen molar-refractivity contribution >= 4 is 5.97 Å². The van der Waals surface area contributed by atoms with Gasteiger partial charge in [-0.3, -0.25) is 0 Å². The van der Waals surface area contributed by atoms with Crippen molar-refractivity contribution in [1.29, 1.82) is 0 Å². The highest BCUT2D eigenvalue weighted by Crippen LogP contribution is 2.01. The van der Waals surface area contributed by atoms with Crippen LogP contribution in [0.25, 0.3) is 0 Å². The molecule has 0 aliphatic carbocycles. The average Bonchev–Trinajstić information content (AvgIpc) is 2.04. The average molecular weight is 173 g/mol. The highest BCUT2D eigenvalue weighted by Gasteiger charge is 2.05. The van der Waals surface area contributed by atoms with Crippen molar-refractivity contribution < 1.29 is 19.4 Å². The smallest absolute Gasteiger partial charge is 0.335 e. The Bertz CT molecular complexity index is 183. The molecule has 4 heteroatoms. The minimum absolute atomic E-state index is 0.0151. The summed E-state index contributed by atoms with van der Waals surface area (Å²) in [5.41, 5.74) is -0.0151. The number of hydrogen-bond donors (Lipinski definition) is 0. The van der Waals surface area contributed by atoms with Gasteiger partial charge in [-0.15, -0.1) is 0 Å². The second kappa shape index (κ2) is 5.46. The van der Waals surface area contributed by atoms with E-state index in [0.717, 1.165) is 0 Å². The fourth-order valence-electron chi connectivity index (χ4n) is 0.562. The van der Waals surface area contributed by atoms with Crippen molar-refractivity contribution in [2.45, 2.75) is 20.8 Å². The molecule has 0 saturated heterocycles. The van der Waals surface area contributed by atoms with Crippen LogP contribution in [-0.4, -0.2) is 19.2 Å². The van der Waals surface area contributed by atoms with Gasteiger partial charge in [0.2, 0.25) is 0 Å². The third kappa shape index (κ3) is 3.27. The van der Waals surface area contributed by atoms with Crippen LogP contribution in [0.4, 0.5) is 0 Å². The lowest BCUT2D eigenvalue weighted by atomic mass is 10.3. The van der Waals surface area contributed by atoms with Gasteiger partial charge in [0, 0.05) is 0 Å². The van der Waals surface area contributed by atoms with E-state index in [1.54, 1.807) is 13.8 Å². The predicted molar refractivity (Wildman–Crippen MR) is 41.0 cm³/mol. The molecule has 0 aromatic heterocycles. The van der Waals surface area contributed by atoms with Gasteiger partial charge in [-0.1, -0.05) is 6.92 Å². The molecular formula is C8H13O4-. The minimum Gasteiger partial charge on any atom is -0.613 e. The van der Waals surface area contributed by atoms with E-state index in [9.17, 15) is 9.90 Å². The molecule has 0 amide bonds. The van der Waals surface area contributed by atoms with E-state index in [-0.39, 0.29) is 18.8 Å². The van der Waals surface area contributed by atoms with Gasteiger partial charge in [0.25, 0.3) is 0 Å². The quantitative estimate of drug-likeness (QED) is 0.345. The lowest BCUT2D eigenvalue weighted by Crippen LogP contribution is -2.16. The van der Waals surface area contributed by atoms with E-state index in [1.165, 1.54) is 6.92 Å². The maximum Gasteiger partial charge on any atom is 0.335 e. The van der Waals surface area contributed by atoms with Crippen molar-refractivity contribution in [2.24, 2.45) is 0 Å². The summed E-state index contributed by atoms with van der Waals surface area (Å²) in [5, 5.41) is 10.9. The van der Waals surface area contributed by atoms with Crippen LogP contribution in [0.15, 0.2) is 11.5 Å². The van der Waals surface area contributed by atoms with Crippen LogP contribution in [0, 0.1) is 0 Å². The number of hydrogen-bond acceptors (Lipinski definition) is 4. The summed E-state index contributed by atoms with van der Waals surface area (Å²) in [6.07, 6.45) is 0. The zero-order chi connectivity index (χ0) is 9.56. The topological polar surface area (TPSA) is 58.6 Å². The van der Waals surface area contributed by atoms with Crippen molar-refractivity contribution in [3.8, 4) is 0 Å². The molecule has 0 unspecified atom stereocenters. The Labute approximate surface area is 71.8 Å². The Morgan fingerprint density at radius 3 is 2.17 bits per heavy atom. The number of rotatable bonds is 4. The molecular weight excluding hydrogens is 160 g/mol. The number of carbonyl (C=O) groups is 1. The highest BCUT2D eigenvalue weighted by molar-refractivity contribution is 5.87. The highest BCUT2D eigenvalue weighted by atomic mass is 16.6. The first kappa shape index (κ1) is 10.8. The molecule has 0 heterocycles. The van der Waals surface area contributed by atoms with E-state index >= 15 is 0 Å². The van der Waals surface area contributed by atoms with Crippen molar-refractivity contribution in [3.63, 3.8) is 0 Å². The predicted octanol–water partition coefficient (Wildman–Crippen LogP) is 0.178. The van der Waals surface area contributed by atoms with Crippen molar-refractivity contribution in [1.82, 2.24) is 0 Å². The Morgan fingerprint density at radius 2 is 1.75 bits per heavy atom. The SMILES string of the molecule is CCOC(=O)/C(C)=C(\[O-])OCC. The van der Waals surface area contributed by atoms with Crippen molar-refractivity contribution in [3.05, 3.63) is 11.5 Å². The van der Waals surface area contributed by atoms with Crippen LogP contribution in [0.5, 0.6) is 0 Å². The number of esters is 1. The fraction of sp³-hybridized carbons (Fsp3) is 0.625. The summed E-state index contributed by atoms with van der Waals surface area (Å²) in [4.78, 5) is 10.9. The lowest BCUT2D eigenvalue weighted by molar-refractivity contribution is -0.358. The van der Waals surface area contributed by atoms with E-state index in [0.29, 0.717) is 0 Å². The largest absolute Gasteiger partial charge is 0.613 e. The van der Waals surface area contributed by atoms with Crippen molar-refractivity contribution in [2.75, 3.05) is 13.2 Å². The zero-order valence-corrected chi connectivity index (χ0v) is 7.55. The van der Waals surface area contributed by atoms with Crippen LogP contribution >= 0.6 is 0 Å². The molecule has 0 atom stereocenters. The molecule has 0 fully saturated rings. The summed E-state index contributed by atoms with van der Waals surface area (Å²) in [5.74, 6) is -1.23. The second-order valence-corrected chi connectivity index (χ2v) is 2.07. The van der Waals surface area contributed by atoms with Gasteiger partial charge >= 0.3 is 5.97 Å². The van der Waals surface area contributed by atoms with E-state index < -0.39 is 11.9 Å². The van der Waals surface area contributed by atoms with Crippen LogP contribution in [0.3, 0.4) is 0 Å². The third-order valence-electron chi connectivity index (χ3n) is 1.16. The van der Waals surface area contributed by atoms with Gasteiger partial charge in [0.05, 0.1) is 18.1 Å². The molecule has 0 radical (unpaired) electrons. The second-order valence-electron chi connectivity index (χ2n) is 2.07. The molecule has 0 N–H and O–H groups in total. The Morgan fingerprint density at radius 1 is 1.25 bits per heavy atom. The summed E-state index contributed by atoms with van der Waals surface area (Å²) in [6.45, 7) is 5.26. The first-order chi connectivity index (χ1) is 5.63.